The van der Waals surface area contributed by atoms with Crippen LogP contribution < -0.4 is 118 Å². The van der Waals surface area contributed by atoms with Crippen LogP contribution in [0.3, 0.4) is 0 Å². The number of carboxylic acids is 1. The van der Waals surface area contributed by atoms with Gasteiger partial charge in [-0.1, -0.05) is 13.8 Å². The third-order valence-electron chi connectivity index (χ3n) is 1.28. The van der Waals surface area contributed by atoms with Gasteiger partial charge in [-0.05, 0) is 12.3 Å². The van der Waals surface area contributed by atoms with Crippen molar-refractivity contribution in [2.24, 2.45) is 5.92 Å². The molecule has 0 saturated carbocycles. The maximum absolute atomic E-state index is 10.3. The average molecular weight is 251 g/mol. The van der Waals surface area contributed by atoms with Crippen molar-refractivity contribution in [3.05, 3.63) is 0 Å². The standard InChI is InChI=1S/C7H13NO4.2K/c1-4(2)3-5(6(9)10)8-7(11)12;;/h4-5,8H,3H2,1-2H3,(H,9,10)(H,11,12);;/q;2*+1/p-2/t5-;;/m0../s1. The van der Waals surface area contributed by atoms with Crippen LogP contribution in [0.5, 0.6) is 0 Å². The Morgan fingerprint density at radius 1 is 1.21 bits per heavy atom. The second-order valence-corrected chi connectivity index (χ2v) is 2.93. The van der Waals surface area contributed by atoms with E-state index in [0.717, 1.165) is 0 Å². The quantitative estimate of drug-likeness (QED) is 0.502. The Balaban J connectivity index is -0.000000605. The van der Waals surface area contributed by atoms with Crippen LogP contribution in [-0.2, 0) is 4.79 Å². The number of hydrogen-bond donors (Lipinski definition) is 1. The van der Waals surface area contributed by atoms with Gasteiger partial charge in [0.05, 0.1) is 12.0 Å². The van der Waals surface area contributed by atoms with E-state index >= 15 is 0 Å². The summed E-state index contributed by atoms with van der Waals surface area (Å²) in [7, 11) is 0. The number of carboxylic acid groups (broad SMARTS) is 2. The number of aliphatic carboxylic acids is 1. The average Bonchev–Trinajstić information content (AvgIpc) is 1.83. The van der Waals surface area contributed by atoms with Crippen molar-refractivity contribution < 1.29 is 123 Å². The Bertz CT molecular complexity index is 187. The van der Waals surface area contributed by atoms with E-state index in [1.54, 1.807) is 19.2 Å². The molecular formula is C7H11K2NO4. The second-order valence-electron chi connectivity index (χ2n) is 2.93. The fourth-order valence-corrected chi connectivity index (χ4v) is 0.828. The molecule has 0 rings (SSSR count). The molecule has 0 aromatic heterocycles. The van der Waals surface area contributed by atoms with Gasteiger partial charge >= 0.3 is 103 Å². The van der Waals surface area contributed by atoms with Crippen LogP contribution in [0, 0.1) is 5.92 Å². The molecule has 0 aliphatic carbocycles. The Hall–Kier alpha value is 2.01. The minimum absolute atomic E-state index is 0. The predicted octanol–water partition coefficient (Wildman–Crippen LogP) is -7.91. The van der Waals surface area contributed by atoms with E-state index in [0.29, 0.717) is 0 Å². The third kappa shape index (κ3) is 12.1. The summed E-state index contributed by atoms with van der Waals surface area (Å²) in [6, 6.07) is -1.17. The summed E-state index contributed by atoms with van der Waals surface area (Å²) in [4.78, 5) is 20.3. The molecule has 14 heavy (non-hydrogen) atoms. The molecule has 70 valence electrons. The van der Waals surface area contributed by atoms with Crippen LogP contribution in [0.25, 0.3) is 0 Å². The molecule has 0 aromatic carbocycles. The summed E-state index contributed by atoms with van der Waals surface area (Å²) >= 11 is 0. The van der Waals surface area contributed by atoms with E-state index in [9.17, 15) is 19.8 Å². The van der Waals surface area contributed by atoms with Crippen LogP contribution >= 0.6 is 0 Å². The molecule has 0 unspecified atom stereocenters. The molecule has 0 aliphatic rings. The summed E-state index contributed by atoms with van der Waals surface area (Å²) in [5.74, 6) is -1.34. The van der Waals surface area contributed by atoms with Gasteiger partial charge in [-0.2, -0.15) is 0 Å². The van der Waals surface area contributed by atoms with Gasteiger partial charge in [0.15, 0.2) is 0 Å². The Morgan fingerprint density at radius 3 is 1.86 bits per heavy atom. The maximum atomic E-state index is 10.3. The van der Waals surface area contributed by atoms with E-state index in [4.69, 9.17) is 0 Å². The molecule has 0 bridgehead atoms. The van der Waals surface area contributed by atoms with Gasteiger partial charge in [0.25, 0.3) is 0 Å². The van der Waals surface area contributed by atoms with Crippen LogP contribution in [0.1, 0.15) is 20.3 Å². The molecule has 1 N–H and O–H groups in total. The Morgan fingerprint density at radius 2 is 1.64 bits per heavy atom. The summed E-state index contributed by atoms with van der Waals surface area (Å²) in [5, 5.41) is 22.0. The molecule has 0 spiro atoms. The van der Waals surface area contributed by atoms with Crippen molar-refractivity contribution in [1.29, 1.82) is 0 Å². The minimum atomic E-state index is -1.59. The van der Waals surface area contributed by atoms with Crippen molar-refractivity contribution in [2.45, 2.75) is 26.3 Å². The van der Waals surface area contributed by atoms with Gasteiger partial charge in [0.2, 0.25) is 0 Å². The largest absolute Gasteiger partial charge is 1.00 e. The van der Waals surface area contributed by atoms with Gasteiger partial charge in [-0.3, -0.25) is 0 Å². The zero-order valence-electron chi connectivity index (χ0n) is 8.99. The molecule has 0 radical (unpaired) electrons. The molecule has 0 saturated heterocycles. The zero-order valence-corrected chi connectivity index (χ0v) is 15.2. The van der Waals surface area contributed by atoms with Gasteiger partial charge in [-0.15, -0.1) is 0 Å². The molecule has 1 amide bonds. The first-order chi connectivity index (χ1) is 5.43. The van der Waals surface area contributed by atoms with Crippen LogP contribution in [0.15, 0.2) is 0 Å². The van der Waals surface area contributed by atoms with Gasteiger partial charge in [0, 0.05) is 0 Å². The fourth-order valence-electron chi connectivity index (χ4n) is 0.828. The summed E-state index contributed by atoms with van der Waals surface area (Å²) < 4.78 is 0. The molecular weight excluding hydrogens is 240 g/mol. The Kier molecular flexibility index (Phi) is 17.5. The van der Waals surface area contributed by atoms with Gasteiger partial charge in [-0.25, -0.2) is 0 Å². The molecule has 1 atom stereocenters. The van der Waals surface area contributed by atoms with E-state index in [2.05, 4.69) is 0 Å². The van der Waals surface area contributed by atoms with Crippen molar-refractivity contribution >= 4 is 12.1 Å². The second kappa shape index (κ2) is 11.5. The van der Waals surface area contributed by atoms with Gasteiger partial charge < -0.3 is 25.1 Å². The number of amides is 1. The molecule has 7 heteroatoms. The smallest absolute Gasteiger partial charge is 0.548 e. The van der Waals surface area contributed by atoms with E-state index in [-0.39, 0.29) is 115 Å². The number of carbonyl (C=O) groups excluding carboxylic acids is 2. The molecule has 0 aromatic rings. The number of rotatable bonds is 4. The van der Waals surface area contributed by atoms with E-state index in [1.165, 1.54) is 0 Å². The summed E-state index contributed by atoms with van der Waals surface area (Å²) in [6.45, 7) is 3.57. The number of carbonyl (C=O) groups is 2. The van der Waals surface area contributed by atoms with E-state index in [1.807, 2.05) is 0 Å². The third-order valence-corrected chi connectivity index (χ3v) is 1.28. The number of nitrogens with one attached hydrogen (secondary N) is 1. The van der Waals surface area contributed by atoms with Crippen LogP contribution in [0.2, 0.25) is 0 Å². The minimum Gasteiger partial charge on any atom is -0.548 e. The Labute approximate surface area is 168 Å². The maximum Gasteiger partial charge on any atom is 1.00 e. The van der Waals surface area contributed by atoms with Crippen molar-refractivity contribution in [2.75, 3.05) is 0 Å². The van der Waals surface area contributed by atoms with Crippen molar-refractivity contribution in [3.63, 3.8) is 0 Å². The van der Waals surface area contributed by atoms with Crippen LogP contribution in [0.4, 0.5) is 4.79 Å². The normalized spacial score (nSPS) is 10.8. The first-order valence-corrected chi connectivity index (χ1v) is 3.62. The predicted molar refractivity (Wildman–Crippen MR) is 36.8 cm³/mol. The molecule has 0 fully saturated rings. The van der Waals surface area contributed by atoms with E-state index < -0.39 is 18.1 Å². The van der Waals surface area contributed by atoms with Gasteiger partial charge in [0.1, 0.15) is 6.09 Å². The van der Waals surface area contributed by atoms with Crippen molar-refractivity contribution in [3.8, 4) is 0 Å². The summed E-state index contributed by atoms with van der Waals surface area (Å²) in [6.07, 6.45) is -1.39. The van der Waals surface area contributed by atoms with Crippen LogP contribution in [-0.4, -0.2) is 18.1 Å². The summed E-state index contributed by atoms with van der Waals surface area (Å²) in [5.41, 5.74) is 0. The zero-order chi connectivity index (χ0) is 9.72. The topological polar surface area (TPSA) is 92.3 Å². The molecule has 0 aliphatic heterocycles. The SMILES string of the molecule is CC(C)C[C@H](NC(=O)[O-])C(=O)[O-].[K+].[K+]. The fraction of sp³-hybridized carbons (Fsp3) is 0.714. The molecule has 0 heterocycles. The number of hydrogen-bond acceptors (Lipinski definition) is 4. The monoisotopic (exact) mass is 251 g/mol. The first kappa shape index (κ1) is 21.3. The molecule has 5 nitrogen and oxygen atoms in total. The van der Waals surface area contributed by atoms with Crippen molar-refractivity contribution in [1.82, 2.24) is 5.32 Å². The first-order valence-electron chi connectivity index (χ1n) is 3.62.